The molecule has 7 nitrogen and oxygen atoms in total. The molecule has 3 rings (SSSR count). The second kappa shape index (κ2) is 8.14. The molecule has 0 radical (unpaired) electrons. The summed E-state index contributed by atoms with van der Waals surface area (Å²) in [4.78, 5) is 30.4. The van der Waals surface area contributed by atoms with Gasteiger partial charge in [-0.3, -0.25) is 9.59 Å². The SMILES string of the molecule is CC(=O)NCc1cn(-c2ccccc2C(=O)N[C@@H]2CCCN(C)C2)cn1. The minimum atomic E-state index is -0.100. The number of carbonyl (C=O) groups excluding carboxylic acids is 2. The summed E-state index contributed by atoms with van der Waals surface area (Å²) in [6.07, 6.45) is 5.59. The standard InChI is InChI=1S/C19H25N5O2/c1-14(25)20-10-16-12-24(13-21-16)18-8-4-3-7-17(18)19(26)22-15-6-5-9-23(2)11-15/h3-4,7-8,12-13,15H,5-6,9-11H2,1-2H3,(H,20,25)(H,22,26)/t15-/m1/s1. The molecule has 1 atom stereocenters. The average Bonchev–Trinajstić information content (AvgIpc) is 3.09. The van der Waals surface area contributed by atoms with E-state index in [-0.39, 0.29) is 17.9 Å². The molecule has 1 aromatic heterocycles. The van der Waals surface area contributed by atoms with E-state index in [1.165, 1.54) is 6.92 Å². The Hall–Kier alpha value is -2.67. The molecule has 138 valence electrons. The lowest BCUT2D eigenvalue weighted by Crippen LogP contribution is -2.46. The largest absolute Gasteiger partial charge is 0.351 e. The topological polar surface area (TPSA) is 79.3 Å². The third-order valence-electron chi connectivity index (χ3n) is 4.54. The van der Waals surface area contributed by atoms with Gasteiger partial charge in [0.15, 0.2) is 0 Å². The molecule has 7 heteroatoms. The van der Waals surface area contributed by atoms with Gasteiger partial charge >= 0.3 is 0 Å². The molecule has 2 amide bonds. The van der Waals surface area contributed by atoms with Crippen molar-refractivity contribution in [2.24, 2.45) is 0 Å². The zero-order chi connectivity index (χ0) is 18.5. The maximum atomic E-state index is 12.8. The molecular formula is C19H25N5O2. The van der Waals surface area contributed by atoms with Crippen LogP contribution < -0.4 is 10.6 Å². The quantitative estimate of drug-likeness (QED) is 0.848. The Balaban J connectivity index is 1.75. The van der Waals surface area contributed by atoms with Gasteiger partial charge in [0, 0.05) is 25.7 Å². The second-order valence-electron chi connectivity index (χ2n) is 6.77. The lowest BCUT2D eigenvalue weighted by atomic mass is 10.1. The van der Waals surface area contributed by atoms with Crippen LogP contribution in [-0.4, -0.2) is 52.4 Å². The highest BCUT2D eigenvalue weighted by molar-refractivity contribution is 5.98. The van der Waals surface area contributed by atoms with Crippen molar-refractivity contribution >= 4 is 11.8 Å². The number of piperidine rings is 1. The van der Waals surface area contributed by atoms with Gasteiger partial charge in [0.1, 0.15) is 0 Å². The third kappa shape index (κ3) is 4.49. The van der Waals surface area contributed by atoms with Gasteiger partial charge in [0.25, 0.3) is 5.91 Å². The van der Waals surface area contributed by atoms with Crippen LogP contribution in [0.3, 0.4) is 0 Å². The number of nitrogens with one attached hydrogen (secondary N) is 2. The van der Waals surface area contributed by atoms with Gasteiger partial charge in [0.2, 0.25) is 5.91 Å². The molecule has 2 N–H and O–H groups in total. The first kappa shape index (κ1) is 18.1. The second-order valence-corrected chi connectivity index (χ2v) is 6.77. The summed E-state index contributed by atoms with van der Waals surface area (Å²) in [6.45, 7) is 3.79. The first-order valence-electron chi connectivity index (χ1n) is 8.89. The van der Waals surface area contributed by atoms with E-state index < -0.39 is 0 Å². The molecule has 0 saturated carbocycles. The number of nitrogens with zero attached hydrogens (tertiary/aromatic N) is 3. The Morgan fingerprint density at radius 1 is 1.31 bits per heavy atom. The van der Waals surface area contributed by atoms with Gasteiger partial charge < -0.3 is 20.1 Å². The summed E-state index contributed by atoms with van der Waals surface area (Å²) in [5.41, 5.74) is 2.13. The first-order valence-corrected chi connectivity index (χ1v) is 8.89. The van der Waals surface area contributed by atoms with Gasteiger partial charge in [-0.05, 0) is 38.6 Å². The Morgan fingerprint density at radius 2 is 2.12 bits per heavy atom. The van der Waals surface area contributed by atoms with Crippen LogP contribution in [0.2, 0.25) is 0 Å². The molecule has 0 bridgehead atoms. The van der Waals surface area contributed by atoms with Gasteiger partial charge in [-0.1, -0.05) is 12.1 Å². The van der Waals surface area contributed by atoms with Crippen molar-refractivity contribution < 1.29 is 9.59 Å². The fourth-order valence-electron chi connectivity index (χ4n) is 3.24. The molecule has 1 aliphatic heterocycles. The van der Waals surface area contributed by atoms with E-state index in [1.807, 2.05) is 35.0 Å². The molecule has 0 spiro atoms. The smallest absolute Gasteiger partial charge is 0.253 e. The van der Waals surface area contributed by atoms with Crippen molar-refractivity contribution in [1.82, 2.24) is 25.1 Å². The average molecular weight is 355 g/mol. The summed E-state index contributed by atoms with van der Waals surface area (Å²) in [7, 11) is 2.08. The van der Waals surface area contributed by atoms with Crippen LogP contribution in [0.25, 0.3) is 5.69 Å². The summed E-state index contributed by atoms with van der Waals surface area (Å²) >= 11 is 0. The van der Waals surface area contributed by atoms with Crippen LogP contribution in [0.1, 0.15) is 35.8 Å². The number of amides is 2. The van der Waals surface area contributed by atoms with Crippen LogP contribution in [0.15, 0.2) is 36.8 Å². The fraction of sp³-hybridized carbons (Fsp3) is 0.421. The molecule has 1 saturated heterocycles. The number of benzene rings is 1. The highest BCUT2D eigenvalue weighted by atomic mass is 16.2. The van der Waals surface area contributed by atoms with Crippen molar-refractivity contribution in [2.45, 2.75) is 32.4 Å². The highest BCUT2D eigenvalue weighted by Gasteiger charge is 2.21. The zero-order valence-electron chi connectivity index (χ0n) is 15.2. The van der Waals surface area contributed by atoms with E-state index in [9.17, 15) is 9.59 Å². The number of rotatable bonds is 5. The number of hydrogen-bond donors (Lipinski definition) is 2. The number of aromatic nitrogens is 2. The lowest BCUT2D eigenvalue weighted by molar-refractivity contribution is -0.119. The van der Waals surface area contributed by atoms with Crippen molar-refractivity contribution in [3.8, 4) is 5.69 Å². The van der Waals surface area contributed by atoms with Gasteiger partial charge in [0.05, 0.1) is 29.8 Å². The fourth-order valence-corrected chi connectivity index (χ4v) is 3.24. The number of likely N-dealkylation sites (N-methyl/N-ethyl adjacent to an activating group) is 1. The van der Waals surface area contributed by atoms with E-state index in [4.69, 9.17) is 0 Å². The van der Waals surface area contributed by atoms with Crippen LogP contribution >= 0.6 is 0 Å². The number of para-hydroxylation sites is 1. The molecule has 1 aliphatic rings. The normalized spacial score (nSPS) is 17.7. The molecule has 0 unspecified atom stereocenters. The van der Waals surface area contributed by atoms with Crippen LogP contribution in [0.4, 0.5) is 0 Å². The maximum absolute atomic E-state index is 12.8. The van der Waals surface area contributed by atoms with Gasteiger partial charge in [-0.15, -0.1) is 0 Å². The number of carbonyl (C=O) groups is 2. The van der Waals surface area contributed by atoms with E-state index in [2.05, 4.69) is 27.6 Å². The molecule has 1 aromatic carbocycles. The predicted molar refractivity (Wildman–Crippen MR) is 99.1 cm³/mol. The Kier molecular flexibility index (Phi) is 5.68. The summed E-state index contributed by atoms with van der Waals surface area (Å²) in [5.74, 6) is -0.171. The van der Waals surface area contributed by atoms with Gasteiger partial charge in [-0.25, -0.2) is 4.98 Å². The minimum Gasteiger partial charge on any atom is -0.351 e. The van der Waals surface area contributed by atoms with E-state index in [0.29, 0.717) is 12.1 Å². The molecule has 1 fully saturated rings. The summed E-state index contributed by atoms with van der Waals surface area (Å²) in [5, 5.41) is 5.87. The third-order valence-corrected chi connectivity index (χ3v) is 4.54. The monoisotopic (exact) mass is 355 g/mol. The Labute approximate surface area is 153 Å². The zero-order valence-corrected chi connectivity index (χ0v) is 15.2. The number of likely N-dealkylation sites (tertiary alicyclic amines) is 1. The van der Waals surface area contributed by atoms with Crippen molar-refractivity contribution in [1.29, 1.82) is 0 Å². The van der Waals surface area contributed by atoms with Crippen molar-refractivity contribution in [3.05, 3.63) is 48.0 Å². The Morgan fingerprint density at radius 3 is 2.88 bits per heavy atom. The first-order chi connectivity index (χ1) is 12.5. The summed E-state index contributed by atoms with van der Waals surface area (Å²) in [6, 6.07) is 7.65. The van der Waals surface area contributed by atoms with Crippen LogP contribution in [0, 0.1) is 0 Å². The van der Waals surface area contributed by atoms with E-state index >= 15 is 0 Å². The Bertz CT molecular complexity index is 786. The van der Waals surface area contributed by atoms with Gasteiger partial charge in [-0.2, -0.15) is 0 Å². The minimum absolute atomic E-state index is 0.0713. The highest BCUT2D eigenvalue weighted by Crippen LogP contribution is 2.16. The van der Waals surface area contributed by atoms with Crippen LogP contribution in [0.5, 0.6) is 0 Å². The molecule has 0 aliphatic carbocycles. The predicted octanol–water partition coefficient (Wildman–Crippen LogP) is 1.33. The van der Waals surface area contributed by atoms with Crippen LogP contribution in [-0.2, 0) is 11.3 Å². The number of imidazole rings is 1. The van der Waals surface area contributed by atoms with E-state index in [1.54, 1.807) is 6.33 Å². The molecule has 2 heterocycles. The lowest BCUT2D eigenvalue weighted by Gasteiger charge is -2.30. The van der Waals surface area contributed by atoms with E-state index in [0.717, 1.165) is 37.3 Å². The van der Waals surface area contributed by atoms with Crippen molar-refractivity contribution in [2.75, 3.05) is 20.1 Å². The molecule has 2 aromatic rings. The summed E-state index contributed by atoms with van der Waals surface area (Å²) < 4.78 is 1.82. The maximum Gasteiger partial charge on any atom is 0.253 e. The van der Waals surface area contributed by atoms with Crippen molar-refractivity contribution in [3.63, 3.8) is 0 Å². The number of hydrogen-bond acceptors (Lipinski definition) is 4. The molecular weight excluding hydrogens is 330 g/mol. The molecule has 26 heavy (non-hydrogen) atoms.